The summed E-state index contributed by atoms with van der Waals surface area (Å²) >= 11 is 0. The number of aliphatic imine (C=N–C) groups is 1. The number of benzene rings is 2. The van der Waals surface area contributed by atoms with E-state index in [0.717, 1.165) is 18.5 Å². The van der Waals surface area contributed by atoms with Gasteiger partial charge in [0, 0.05) is 50.2 Å². The molecule has 1 heterocycles. The SMILES string of the molecule is CN=C(NCCC(=O)NCc1ccccc1)NCCc1c[nH]c2cc(C)ccc12. The molecule has 0 aliphatic rings. The number of aromatic nitrogens is 1. The minimum absolute atomic E-state index is 0.0193. The molecular weight excluding hydrogens is 362 g/mol. The zero-order valence-electron chi connectivity index (χ0n) is 17.1. The van der Waals surface area contributed by atoms with Crippen LogP contribution in [0.5, 0.6) is 0 Å². The molecule has 0 atom stereocenters. The van der Waals surface area contributed by atoms with Crippen molar-refractivity contribution in [2.45, 2.75) is 26.3 Å². The zero-order chi connectivity index (χ0) is 20.5. The molecule has 0 spiro atoms. The summed E-state index contributed by atoms with van der Waals surface area (Å²) in [5, 5.41) is 10.7. The number of H-pyrrole nitrogens is 1. The molecule has 0 aliphatic heterocycles. The highest BCUT2D eigenvalue weighted by molar-refractivity contribution is 5.84. The van der Waals surface area contributed by atoms with Crippen LogP contribution in [0.2, 0.25) is 0 Å². The van der Waals surface area contributed by atoms with Crippen molar-refractivity contribution in [3.8, 4) is 0 Å². The van der Waals surface area contributed by atoms with Crippen molar-refractivity contribution < 1.29 is 4.79 Å². The highest BCUT2D eigenvalue weighted by Crippen LogP contribution is 2.19. The third-order valence-corrected chi connectivity index (χ3v) is 4.81. The second-order valence-corrected chi connectivity index (χ2v) is 7.05. The van der Waals surface area contributed by atoms with Crippen LogP contribution in [-0.2, 0) is 17.8 Å². The van der Waals surface area contributed by atoms with Crippen molar-refractivity contribution >= 4 is 22.8 Å². The molecule has 0 fully saturated rings. The van der Waals surface area contributed by atoms with E-state index >= 15 is 0 Å². The molecule has 1 aromatic heterocycles. The topological polar surface area (TPSA) is 81.3 Å². The fourth-order valence-corrected chi connectivity index (χ4v) is 3.22. The van der Waals surface area contributed by atoms with Gasteiger partial charge in [0.25, 0.3) is 0 Å². The summed E-state index contributed by atoms with van der Waals surface area (Å²) < 4.78 is 0. The van der Waals surface area contributed by atoms with Gasteiger partial charge < -0.3 is 20.9 Å². The fourth-order valence-electron chi connectivity index (χ4n) is 3.22. The minimum Gasteiger partial charge on any atom is -0.361 e. The van der Waals surface area contributed by atoms with Crippen LogP contribution in [0, 0.1) is 6.92 Å². The first-order chi connectivity index (χ1) is 14.2. The Morgan fingerprint density at radius 2 is 1.83 bits per heavy atom. The smallest absolute Gasteiger partial charge is 0.222 e. The third kappa shape index (κ3) is 6.10. The number of aryl methyl sites for hydroxylation is 1. The number of fused-ring (bicyclic) bond motifs is 1. The molecule has 0 saturated heterocycles. The Balaban J connectivity index is 1.36. The van der Waals surface area contributed by atoms with E-state index in [4.69, 9.17) is 0 Å². The van der Waals surface area contributed by atoms with Gasteiger partial charge >= 0.3 is 0 Å². The fraction of sp³-hybridized carbons (Fsp3) is 0.304. The second-order valence-electron chi connectivity index (χ2n) is 7.05. The maximum absolute atomic E-state index is 12.0. The van der Waals surface area contributed by atoms with E-state index in [1.807, 2.05) is 30.3 Å². The molecule has 6 nitrogen and oxygen atoms in total. The molecule has 3 rings (SSSR count). The van der Waals surface area contributed by atoms with Gasteiger partial charge in [-0.2, -0.15) is 0 Å². The van der Waals surface area contributed by atoms with Gasteiger partial charge in [-0.15, -0.1) is 0 Å². The van der Waals surface area contributed by atoms with Crippen molar-refractivity contribution in [3.05, 3.63) is 71.4 Å². The summed E-state index contributed by atoms with van der Waals surface area (Å²) in [6.07, 6.45) is 3.36. The van der Waals surface area contributed by atoms with Crippen LogP contribution >= 0.6 is 0 Å². The van der Waals surface area contributed by atoms with Gasteiger partial charge in [0.05, 0.1) is 0 Å². The van der Waals surface area contributed by atoms with Gasteiger partial charge in [-0.25, -0.2) is 0 Å². The number of nitrogens with one attached hydrogen (secondary N) is 4. The predicted molar refractivity (Wildman–Crippen MR) is 119 cm³/mol. The Labute approximate surface area is 171 Å². The summed E-state index contributed by atoms with van der Waals surface area (Å²) in [6.45, 7) is 3.95. The Morgan fingerprint density at radius 3 is 2.62 bits per heavy atom. The number of carbonyl (C=O) groups excluding carboxylic acids is 1. The molecule has 2 aromatic carbocycles. The number of guanidine groups is 1. The van der Waals surface area contributed by atoms with Crippen molar-refractivity contribution in [3.63, 3.8) is 0 Å². The van der Waals surface area contributed by atoms with Gasteiger partial charge in [-0.3, -0.25) is 9.79 Å². The van der Waals surface area contributed by atoms with Crippen LogP contribution < -0.4 is 16.0 Å². The van der Waals surface area contributed by atoms with E-state index < -0.39 is 0 Å². The summed E-state index contributed by atoms with van der Waals surface area (Å²) in [5.74, 6) is 0.724. The first kappa shape index (κ1) is 20.5. The summed E-state index contributed by atoms with van der Waals surface area (Å²) in [5.41, 5.74) is 4.80. The molecule has 29 heavy (non-hydrogen) atoms. The first-order valence-corrected chi connectivity index (χ1v) is 9.97. The van der Waals surface area contributed by atoms with E-state index in [9.17, 15) is 4.79 Å². The number of aromatic amines is 1. The average Bonchev–Trinajstić information content (AvgIpc) is 3.13. The van der Waals surface area contributed by atoms with Crippen molar-refractivity contribution in [1.82, 2.24) is 20.9 Å². The molecule has 0 aliphatic carbocycles. The zero-order valence-corrected chi connectivity index (χ0v) is 17.1. The van der Waals surface area contributed by atoms with Crippen LogP contribution in [0.25, 0.3) is 10.9 Å². The van der Waals surface area contributed by atoms with Gasteiger partial charge in [0.2, 0.25) is 5.91 Å². The Bertz CT molecular complexity index is 962. The van der Waals surface area contributed by atoms with Gasteiger partial charge in [0.1, 0.15) is 0 Å². The molecule has 0 saturated carbocycles. The molecule has 0 radical (unpaired) electrons. The van der Waals surface area contributed by atoms with Crippen LogP contribution in [-0.4, -0.2) is 37.0 Å². The Kier molecular flexibility index (Phi) is 7.28. The molecular formula is C23H29N5O. The average molecular weight is 392 g/mol. The number of amides is 1. The van der Waals surface area contributed by atoms with E-state index in [0.29, 0.717) is 25.5 Å². The standard InChI is InChI=1S/C23H29N5O/c1-17-8-9-20-19(16-27-21(20)14-17)10-12-25-23(24-2)26-13-11-22(29)28-15-18-6-4-3-5-7-18/h3-9,14,16,27H,10-13,15H2,1-2H3,(H,28,29)(H2,24,25,26). The molecule has 0 bridgehead atoms. The monoisotopic (exact) mass is 391 g/mol. The number of rotatable bonds is 8. The number of carbonyl (C=O) groups is 1. The molecule has 152 valence electrons. The lowest BCUT2D eigenvalue weighted by Crippen LogP contribution is -2.40. The number of nitrogens with zero attached hydrogens (tertiary/aromatic N) is 1. The largest absolute Gasteiger partial charge is 0.361 e. The molecule has 4 N–H and O–H groups in total. The van der Waals surface area contributed by atoms with Crippen LogP contribution in [0.1, 0.15) is 23.1 Å². The molecule has 1 amide bonds. The maximum Gasteiger partial charge on any atom is 0.222 e. The van der Waals surface area contributed by atoms with Crippen molar-refractivity contribution in [1.29, 1.82) is 0 Å². The number of hydrogen-bond donors (Lipinski definition) is 4. The van der Waals surface area contributed by atoms with E-state index in [1.54, 1.807) is 7.05 Å². The lowest BCUT2D eigenvalue weighted by atomic mass is 10.1. The lowest BCUT2D eigenvalue weighted by molar-refractivity contribution is -0.121. The van der Waals surface area contributed by atoms with Crippen molar-refractivity contribution in [2.24, 2.45) is 4.99 Å². The molecule has 6 heteroatoms. The maximum atomic E-state index is 12.0. The lowest BCUT2D eigenvalue weighted by Gasteiger charge is -2.12. The Hall–Kier alpha value is -3.28. The predicted octanol–water partition coefficient (Wildman–Crippen LogP) is 2.89. The number of hydrogen-bond acceptors (Lipinski definition) is 2. The van der Waals surface area contributed by atoms with E-state index in [2.05, 4.69) is 57.2 Å². The highest BCUT2D eigenvalue weighted by atomic mass is 16.1. The molecule has 3 aromatic rings. The summed E-state index contributed by atoms with van der Waals surface area (Å²) in [4.78, 5) is 19.5. The van der Waals surface area contributed by atoms with Crippen LogP contribution in [0.3, 0.4) is 0 Å². The quantitative estimate of drug-likeness (QED) is 0.352. The Morgan fingerprint density at radius 1 is 1.03 bits per heavy atom. The van der Waals surface area contributed by atoms with Crippen LogP contribution in [0.4, 0.5) is 0 Å². The summed E-state index contributed by atoms with van der Waals surface area (Å²) in [6, 6.07) is 16.4. The highest BCUT2D eigenvalue weighted by Gasteiger charge is 2.05. The summed E-state index contributed by atoms with van der Waals surface area (Å²) in [7, 11) is 1.74. The van der Waals surface area contributed by atoms with E-state index in [-0.39, 0.29) is 5.91 Å². The van der Waals surface area contributed by atoms with Gasteiger partial charge in [-0.05, 0) is 36.1 Å². The third-order valence-electron chi connectivity index (χ3n) is 4.81. The molecule has 0 unspecified atom stereocenters. The first-order valence-electron chi connectivity index (χ1n) is 9.97. The second kappa shape index (κ2) is 10.3. The van der Waals surface area contributed by atoms with E-state index in [1.165, 1.54) is 22.0 Å². The van der Waals surface area contributed by atoms with Crippen LogP contribution in [0.15, 0.2) is 59.7 Å². The minimum atomic E-state index is 0.0193. The van der Waals surface area contributed by atoms with Gasteiger partial charge in [-0.1, -0.05) is 42.5 Å². The van der Waals surface area contributed by atoms with Crippen molar-refractivity contribution in [2.75, 3.05) is 20.1 Å². The van der Waals surface area contributed by atoms with Gasteiger partial charge in [0.15, 0.2) is 5.96 Å². The normalized spacial score (nSPS) is 11.4.